The Hall–Kier alpha value is -2.18. The number of likely N-dealkylation sites (tertiary alicyclic amines) is 1. The molecule has 0 unspecified atom stereocenters. The van der Waals surface area contributed by atoms with Gasteiger partial charge in [-0.25, -0.2) is 0 Å². The highest BCUT2D eigenvalue weighted by molar-refractivity contribution is 5.76. The number of aryl methyl sites for hydroxylation is 2. The van der Waals surface area contributed by atoms with E-state index in [1.165, 1.54) is 0 Å². The number of hydrogen-bond donors (Lipinski definition) is 0. The Balaban J connectivity index is 1.46. The first-order valence-electron chi connectivity index (χ1n) is 9.09. The van der Waals surface area contributed by atoms with Crippen LogP contribution in [0.3, 0.4) is 0 Å². The molecule has 7 nitrogen and oxygen atoms in total. The van der Waals surface area contributed by atoms with Crippen molar-refractivity contribution >= 4 is 5.91 Å². The molecule has 0 aromatic carbocycles. The third kappa shape index (κ3) is 4.67. The molecule has 2 aromatic heterocycles. The van der Waals surface area contributed by atoms with Crippen molar-refractivity contribution in [3.05, 3.63) is 29.7 Å². The average Bonchev–Trinajstić information content (AvgIpc) is 3.21. The highest BCUT2D eigenvalue weighted by Crippen LogP contribution is 2.27. The monoisotopic (exact) mass is 345 g/mol. The molecular weight excluding hydrogens is 318 g/mol. The van der Waals surface area contributed by atoms with Crippen LogP contribution in [-0.2, 0) is 24.7 Å². The van der Waals surface area contributed by atoms with Crippen molar-refractivity contribution in [2.24, 2.45) is 13.0 Å². The molecule has 1 fully saturated rings. The minimum absolute atomic E-state index is 0.216. The molecule has 0 radical (unpaired) electrons. The zero-order chi connectivity index (χ0) is 17.8. The van der Waals surface area contributed by atoms with Gasteiger partial charge in [-0.05, 0) is 30.7 Å². The topological polar surface area (TPSA) is 77.0 Å². The fraction of sp³-hybridized carbons (Fsp3) is 0.667. The van der Waals surface area contributed by atoms with Crippen molar-refractivity contribution in [3.63, 3.8) is 0 Å². The van der Waals surface area contributed by atoms with Crippen molar-refractivity contribution in [3.8, 4) is 0 Å². The highest BCUT2D eigenvalue weighted by Gasteiger charge is 2.27. The van der Waals surface area contributed by atoms with Crippen LogP contribution in [0.1, 0.15) is 56.3 Å². The summed E-state index contributed by atoms with van der Waals surface area (Å²) in [6.45, 7) is 5.81. The molecule has 1 aliphatic heterocycles. The fourth-order valence-electron chi connectivity index (χ4n) is 3.27. The van der Waals surface area contributed by atoms with Gasteiger partial charge in [-0.1, -0.05) is 19.0 Å². The van der Waals surface area contributed by atoms with Gasteiger partial charge in [0.25, 0.3) is 0 Å². The van der Waals surface area contributed by atoms with Crippen LogP contribution in [-0.4, -0.2) is 43.8 Å². The standard InChI is InChI=1S/C18H27N5O2/c1-13(2)10-16-20-18(25-21-16)15-6-8-23(9-7-15)17(24)5-4-14-11-19-22(3)12-14/h11-13,15H,4-10H2,1-3H3. The summed E-state index contributed by atoms with van der Waals surface area (Å²) >= 11 is 0. The summed E-state index contributed by atoms with van der Waals surface area (Å²) in [7, 11) is 1.89. The molecule has 3 heterocycles. The normalized spacial score (nSPS) is 15.9. The first-order valence-corrected chi connectivity index (χ1v) is 9.09. The first kappa shape index (κ1) is 17.6. The number of carbonyl (C=O) groups excluding carboxylic acids is 1. The molecule has 1 amide bonds. The van der Waals surface area contributed by atoms with E-state index in [4.69, 9.17) is 4.52 Å². The van der Waals surface area contributed by atoms with Gasteiger partial charge in [0.2, 0.25) is 11.8 Å². The molecule has 136 valence electrons. The molecule has 0 atom stereocenters. The van der Waals surface area contributed by atoms with Crippen LogP contribution in [0.5, 0.6) is 0 Å². The number of amides is 1. The number of piperidine rings is 1. The molecule has 0 spiro atoms. The van der Waals surface area contributed by atoms with E-state index in [1.807, 2.05) is 24.3 Å². The molecular formula is C18H27N5O2. The summed E-state index contributed by atoms with van der Waals surface area (Å²) in [4.78, 5) is 18.9. The van der Waals surface area contributed by atoms with Crippen LogP contribution in [0.4, 0.5) is 0 Å². The summed E-state index contributed by atoms with van der Waals surface area (Å²) in [5.41, 5.74) is 1.11. The minimum atomic E-state index is 0.216. The Labute approximate surface area is 148 Å². The van der Waals surface area contributed by atoms with E-state index in [0.717, 1.165) is 56.1 Å². The van der Waals surface area contributed by atoms with Crippen molar-refractivity contribution in [1.29, 1.82) is 0 Å². The Morgan fingerprint density at radius 1 is 1.36 bits per heavy atom. The van der Waals surface area contributed by atoms with E-state index < -0.39 is 0 Å². The molecule has 1 saturated heterocycles. The Kier molecular flexibility index (Phi) is 5.50. The Morgan fingerprint density at radius 3 is 2.76 bits per heavy atom. The van der Waals surface area contributed by atoms with Crippen LogP contribution in [0, 0.1) is 5.92 Å². The molecule has 1 aliphatic rings. The van der Waals surface area contributed by atoms with Crippen LogP contribution in [0.25, 0.3) is 0 Å². The SMILES string of the molecule is CC(C)Cc1noc(C2CCN(C(=O)CCc3cnn(C)c3)CC2)n1. The van der Waals surface area contributed by atoms with Gasteiger partial charge in [-0.3, -0.25) is 9.48 Å². The van der Waals surface area contributed by atoms with E-state index in [2.05, 4.69) is 29.1 Å². The van der Waals surface area contributed by atoms with Crippen LogP contribution < -0.4 is 0 Å². The van der Waals surface area contributed by atoms with E-state index in [9.17, 15) is 4.79 Å². The molecule has 3 rings (SSSR count). The van der Waals surface area contributed by atoms with Crippen molar-refractivity contribution in [2.75, 3.05) is 13.1 Å². The second-order valence-electron chi connectivity index (χ2n) is 7.32. The molecule has 25 heavy (non-hydrogen) atoms. The number of rotatable bonds is 6. The molecule has 0 aliphatic carbocycles. The second kappa shape index (κ2) is 7.80. The maximum Gasteiger partial charge on any atom is 0.229 e. The summed E-state index contributed by atoms with van der Waals surface area (Å²) in [6.07, 6.45) is 7.69. The Morgan fingerprint density at radius 2 is 2.12 bits per heavy atom. The van der Waals surface area contributed by atoms with E-state index in [-0.39, 0.29) is 11.8 Å². The lowest BCUT2D eigenvalue weighted by molar-refractivity contribution is -0.132. The fourth-order valence-corrected chi connectivity index (χ4v) is 3.27. The van der Waals surface area contributed by atoms with Crippen LogP contribution in [0.15, 0.2) is 16.9 Å². The Bertz CT molecular complexity index is 698. The zero-order valence-corrected chi connectivity index (χ0v) is 15.3. The van der Waals surface area contributed by atoms with Crippen molar-refractivity contribution in [2.45, 2.75) is 51.9 Å². The van der Waals surface area contributed by atoms with Crippen LogP contribution >= 0.6 is 0 Å². The lowest BCUT2D eigenvalue weighted by Gasteiger charge is -2.30. The summed E-state index contributed by atoms with van der Waals surface area (Å²) in [5.74, 6) is 2.53. The smallest absolute Gasteiger partial charge is 0.229 e. The quantitative estimate of drug-likeness (QED) is 0.803. The van der Waals surface area contributed by atoms with Gasteiger partial charge in [-0.2, -0.15) is 10.1 Å². The van der Waals surface area contributed by atoms with Crippen molar-refractivity contribution in [1.82, 2.24) is 24.8 Å². The summed E-state index contributed by atoms with van der Waals surface area (Å²) in [6, 6.07) is 0. The number of nitrogens with zero attached hydrogens (tertiary/aromatic N) is 5. The van der Waals surface area contributed by atoms with Gasteiger partial charge in [0.1, 0.15) is 0 Å². The van der Waals surface area contributed by atoms with E-state index >= 15 is 0 Å². The lowest BCUT2D eigenvalue weighted by atomic mass is 9.96. The van der Waals surface area contributed by atoms with Crippen molar-refractivity contribution < 1.29 is 9.32 Å². The van der Waals surface area contributed by atoms with Gasteiger partial charge in [0.05, 0.1) is 6.20 Å². The molecule has 0 saturated carbocycles. The maximum absolute atomic E-state index is 12.4. The molecule has 0 N–H and O–H groups in total. The third-order valence-electron chi connectivity index (χ3n) is 4.66. The van der Waals surface area contributed by atoms with E-state index in [1.54, 1.807) is 4.68 Å². The number of hydrogen-bond acceptors (Lipinski definition) is 5. The number of aromatic nitrogens is 4. The highest BCUT2D eigenvalue weighted by atomic mass is 16.5. The number of carbonyl (C=O) groups is 1. The maximum atomic E-state index is 12.4. The largest absolute Gasteiger partial charge is 0.343 e. The average molecular weight is 345 g/mol. The van der Waals surface area contributed by atoms with Gasteiger partial charge >= 0.3 is 0 Å². The lowest BCUT2D eigenvalue weighted by Crippen LogP contribution is -2.38. The van der Waals surface area contributed by atoms with Gasteiger partial charge in [-0.15, -0.1) is 0 Å². The molecule has 7 heteroatoms. The zero-order valence-electron chi connectivity index (χ0n) is 15.3. The van der Waals surface area contributed by atoms with E-state index in [0.29, 0.717) is 12.3 Å². The van der Waals surface area contributed by atoms with Crippen LogP contribution in [0.2, 0.25) is 0 Å². The third-order valence-corrected chi connectivity index (χ3v) is 4.66. The van der Waals surface area contributed by atoms with Gasteiger partial charge in [0.15, 0.2) is 5.82 Å². The molecule has 2 aromatic rings. The summed E-state index contributed by atoms with van der Waals surface area (Å²) in [5, 5.41) is 8.21. The first-order chi connectivity index (χ1) is 12.0. The summed E-state index contributed by atoms with van der Waals surface area (Å²) < 4.78 is 7.20. The molecule has 0 bridgehead atoms. The predicted molar refractivity (Wildman–Crippen MR) is 92.9 cm³/mol. The van der Waals surface area contributed by atoms with Gasteiger partial charge < -0.3 is 9.42 Å². The second-order valence-corrected chi connectivity index (χ2v) is 7.32. The minimum Gasteiger partial charge on any atom is -0.343 e. The van der Waals surface area contributed by atoms with Gasteiger partial charge in [0, 0.05) is 45.1 Å². The predicted octanol–water partition coefficient (Wildman–Crippen LogP) is 2.34.